The van der Waals surface area contributed by atoms with E-state index in [0.29, 0.717) is 0 Å². The van der Waals surface area contributed by atoms with Crippen LogP contribution in [-0.2, 0) is 5.88 Å². The monoisotopic (exact) mass is 237 g/mol. The van der Waals surface area contributed by atoms with Gasteiger partial charge in [0.25, 0.3) is 6.43 Å². The van der Waals surface area contributed by atoms with Crippen molar-refractivity contribution in [2.75, 3.05) is 5.73 Å². The second-order valence-electron chi connectivity index (χ2n) is 2.63. The topological polar surface area (TPSA) is 82.0 Å². The van der Waals surface area contributed by atoms with Crippen molar-refractivity contribution in [3.8, 4) is 0 Å². The van der Waals surface area contributed by atoms with Gasteiger partial charge in [-0.2, -0.15) is 0 Å². The molecule has 0 amide bonds. The van der Waals surface area contributed by atoms with E-state index >= 15 is 0 Å². The number of nitrogens with zero attached hydrogens (tertiary/aromatic N) is 2. The fourth-order valence-corrected chi connectivity index (χ4v) is 1.29. The van der Waals surface area contributed by atoms with Gasteiger partial charge in [0, 0.05) is 11.9 Å². The van der Waals surface area contributed by atoms with Crippen LogP contribution < -0.4 is 5.73 Å². The molecule has 0 fully saturated rings. The first kappa shape index (κ1) is 11.6. The van der Waals surface area contributed by atoms with Crippen LogP contribution in [0.1, 0.15) is 17.6 Å². The van der Waals surface area contributed by atoms with Gasteiger partial charge in [0.05, 0.1) is 5.56 Å². The summed E-state index contributed by atoms with van der Waals surface area (Å²) < 4.78 is 24.9. The normalized spacial score (nSPS) is 10.7. The highest BCUT2D eigenvalue weighted by Gasteiger charge is 2.24. The number of anilines is 1. The maximum atomic E-state index is 12.5. The van der Waals surface area contributed by atoms with E-state index in [9.17, 15) is 18.9 Å². The molecule has 1 rings (SSSR count). The molecule has 2 N–H and O–H groups in total. The average molecular weight is 238 g/mol. The second-order valence-corrected chi connectivity index (χ2v) is 2.90. The summed E-state index contributed by atoms with van der Waals surface area (Å²) in [4.78, 5) is 12.8. The van der Waals surface area contributed by atoms with Gasteiger partial charge in [-0.25, -0.2) is 8.78 Å². The third-order valence-corrected chi connectivity index (χ3v) is 2.00. The Morgan fingerprint density at radius 2 is 2.27 bits per heavy atom. The molecule has 15 heavy (non-hydrogen) atoms. The summed E-state index contributed by atoms with van der Waals surface area (Å²) >= 11 is 5.39. The number of nitrogen functional groups attached to an aromatic ring is 1. The van der Waals surface area contributed by atoms with Crippen molar-refractivity contribution in [1.82, 2.24) is 4.98 Å². The molecular weight excluding hydrogens is 232 g/mol. The largest absolute Gasteiger partial charge is 0.366 e. The van der Waals surface area contributed by atoms with Crippen molar-refractivity contribution >= 4 is 23.2 Å². The number of halogens is 3. The van der Waals surface area contributed by atoms with Gasteiger partial charge in [0.15, 0.2) is 0 Å². The molecule has 0 atom stereocenters. The number of hydrogen-bond donors (Lipinski definition) is 1. The molecule has 5 nitrogen and oxygen atoms in total. The number of pyridine rings is 1. The van der Waals surface area contributed by atoms with E-state index in [1.165, 1.54) is 0 Å². The van der Waals surface area contributed by atoms with Crippen LogP contribution in [0.15, 0.2) is 6.07 Å². The van der Waals surface area contributed by atoms with Crippen molar-refractivity contribution in [3.63, 3.8) is 0 Å². The van der Waals surface area contributed by atoms with Gasteiger partial charge >= 0.3 is 5.82 Å². The van der Waals surface area contributed by atoms with E-state index in [1.807, 2.05) is 0 Å². The number of nitrogens with two attached hydrogens (primary N) is 1. The molecule has 0 saturated carbocycles. The Balaban J connectivity index is 3.37. The zero-order chi connectivity index (χ0) is 11.6. The highest BCUT2D eigenvalue weighted by atomic mass is 35.5. The van der Waals surface area contributed by atoms with Gasteiger partial charge in [0.2, 0.25) is 5.82 Å². The Kier molecular flexibility index (Phi) is 3.35. The predicted octanol–water partition coefficient (Wildman–Crippen LogP) is 2.25. The molecule has 0 aromatic carbocycles. The highest BCUT2D eigenvalue weighted by molar-refractivity contribution is 6.17. The smallest absolute Gasteiger partial charge is 0.362 e. The SMILES string of the molecule is Nc1nc([N+](=O)[O-])cc(CCl)c1C(F)F. The van der Waals surface area contributed by atoms with Gasteiger partial charge in [-0.1, -0.05) is 0 Å². The summed E-state index contributed by atoms with van der Waals surface area (Å²) in [6, 6.07) is 0.894. The molecule has 82 valence electrons. The van der Waals surface area contributed by atoms with Gasteiger partial charge < -0.3 is 15.8 Å². The molecule has 8 heteroatoms. The minimum atomic E-state index is -2.85. The maximum absolute atomic E-state index is 12.5. The number of hydrogen-bond acceptors (Lipinski definition) is 4. The van der Waals surface area contributed by atoms with E-state index in [2.05, 4.69) is 4.98 Å². The van der Waals surface area contributed by atoms with Crippen LogP contribution >= 0.6 is 11.6 Å². The fraction of sp³-hybridized carbons (Fsp3) is 0.286. The number of alkyl halides is 3. The lowest BCUT2D eigenvalue weighted by Gasteiger charge is -2.05. The first-order valence-electron chi connectivity index (χ1n) is 3.75. The molecule has 0 spiro atoms. The van der Waals surface area contributed by atoms with E-state index < -0.39 is 28.5 Å². The van der Waals surface area contributed by atoms with Gasteiger partial charge in [0.1, 0.15) is 0 Å². The first-order valence-corrected chi connectivity index (χ1v) is 4.28. The number of nitro groups is 1. The zero-order valence-electron chi connectivity index (χ0n) is 7.28. The summed E-state index contributed by atoms with van der Waals surface area (Å²) in [6.45, 7) is 0. The minimum absolute atomic E-state index is 0.0779. The van der Waals surface area contributed by atoms with Crippen LogP contribution in [-0.4, -0.2) is 9.91 Å². The Bertz CT molecular complexity index is 400. The summed E-state index contributed by atoms with van der Waals surface area (Å²) in [6.07, 6.45) is -2.85. The van der Waals surface area contributed by atoms with E-state index in [-0.39, 0.29) is 11.4 Å². The van der Waals surface area contributed by atoms with Gasteiger partial charge in [-0.15, -0.1) is 11.6 Å². The van der Waals surface area contributed by atoms with E-state index in [4.69, 9.17) is 17.3 Å². The Hall–Kier alpha value is -1.50. The standard InChI is InChI=1S/C7H6ClF2N3O2/c8-2-3-1-4(13(14)15)12-7(11)5(3)6(9)10/h1,6H,2H2,(H2,11,12). The highest BCUT2D eigenvalue weighted by Crippen LogP contribution is 2.30. The van der Waals surface area contributed by atoms with Crippen LogP contribution in [0.5, 0.6) is 0 Å². The summed E-state index contributed by atoms with van der Waals surface area (Å²) in [5.74, 6) is -1.44. The number of rotatable bonds is 3. The van der Waals surface area contributed by atoms with E-state index in [1.54, 1.807) is 0 Å². The van der Waals surface area contributed by atoms with Crippen molar-refractivity contribution in [2.24, 2.45) is 0 Å². The van der Waals surface area contributed by atoms with Crippen LogP contribution in [0, 0.1) is 10.1 Å². The molecule has 1 aromatic rings. The van der Waals surface area contributed by atoms with Crippen molar-refractivity contribution in [2.45, 2.75) is 12.3 Å². The lowest BCUT2D eigenvalue weighted by atomic mass is 10.1. The quantitative estimate of drug-likeness (QED) is 0.497. The summed E-state index contributed by atoms with van der Waals surface area (Å²) in [7, 11) is 0. The molecule has 0 radical (unpaired) electrons. The second kappa shape index (κ2) is 4.35. The van der Waals surface area contributed by atoms with Crippen LogP contribution in [0.25, 0.3) is 0 Å². The van der Waals surface area contributed by atoms with Crippen LogP contribution in [0.2, 0.25) is 0 Å². The summed E-state index contributed by atoms with van der Waals surface area (Å²) in [5, 5.41) is 10.4. The third kappa shape index (κ3) is 2.30. The van der Waals surface area contributed by atoms with Crippen molar-refractivity contribution < 1.29 is 13.7 Å². The molecule has 0 aliphatic heterocycles. The minimum Gasteiger partial charge on any atom is -0.362 e. The summed E-state index contributed by atoms with van der Waals surface area (Å²) in [5.41, 5.74) is 4.56. The molecule has 0 aliphatic carbocycles. The van der Waals surface area contributed by atoms with E-state index in [0.717, 1.165) is 6.07 Å². The van der Waals surface area contributed by atoms with Crippen LogP contribution in [0.4, 0.5) is 20.4 Å². The molecular formula is C7H6ClF2N3O2. The Morgan fingerprint density at radius 1 is 1.67 bits per heavy atom. The molecule has 0 aliphatic rings. The predicted molar refractivity (Wildman–Crippen MR) is 49.8 cm³/mol. The maximum Gasteiger partial charge on any atom is 0.366 e. The molecule has 0 saturated heterocycles. The van der Waals surface area contributed by atoms with Gasteiger partial charge in [-0.05, 0) is 15.5 Å². The molecule has 0 unspecified atom stereocenters. The first-order chi connectivity index (χ1) is 6.97. The molecule has 0 bridgehead atoms. The Morgan fingerprint density at radius 3 is 2.67 bits per heavy atom. The average Bonchev–Trinajstić information content (AvgIpc) is 2.15. The van der Waals surface area contributed by atoms with Gasteiger partial charge in [-0.3, -0.25) is 0 Å². The molecule has 1 aromatic heterocycles. The Labute approximate surface area is 88.0 Å². The molecule has 1 heterocycles. The van der Waals surface area contributed by atoms with Crippen molar-refractivity contribution in [1.29, 1.82) is 0 Å². The fourth-order valence-electron chi connectivity index (χ4n) is 1.07. The third-order valence-electron chi connectivity index (χ3n) is 1.71. The number of aromatic nitrogens is 1. The lowest BCUT2D eigenvalue weighted by Crippen LogP contribution is -2.05. The van der Waals surface area contributed by atoms with Crippen LogP contribution in [0.3, 0.4) is 0 Å². The lowest BCUT2D eigenvalue weighted by molar-refractivity contribution is -0.389. The van der Waals surface area contributed by atoms with Crippen molar-refractivity contribution in [3.05, 3.63) is 27.3 Å². The zero-order valence-corrected chi connectivity index (χ0v) is 8.04.